The first-order chi connectivity index (χ1) is 7.29. The second kappa shape index (κ2) is 4.52. The minimum Gasteiger partial charge on any atom is -0.508 e. The molecule has 15 heavy (non-hydrogen) atoms. The molecule has 1 aromatic carbocycles. The average molecular weight is 202 g/mol. The number of allylic oxidation sites excluding steroid dienone is 2. The van der Waals surface area contributed by atoms with E-state index >= 15 is 0 Å². The van der Waals surface area contributed by atoms with E-state index in [0.717, 1.165) is 0 Å². The standard InChI is InChI=1S/C14H18O/c1-2-11-5-3-6-12(9-11)13-7-4-8-14(15)10-13/h2,4,7-8,10,12,15H,3,5-6,9H2,1H3. The molecule has 0 amide bonds. The molecule has 1 nitrogen and oxygen atoms in total. The summed E-state index contributed by atoms with van der Waals surface area (Å²) in [6, 6.07) is 7.71. The fraction of sp³-hybridized carbons (Fsp3) is 0.429. The van der Waals surface area contributed by atoms with Gasteiger partial charge in [-0.2, -0.15) is 0 Å². The lowest BCUT2D eigenvalue weighted by molar-refractivity contribution is 0.470. The number of hydrogen-bond donors (Lipinski definition) is 1. The Bertz CT molecular complexity index is 365. The Hall–Kier alpha value is -1.24. The fourth-order valence-corrected chi connectivity index (χ4v) is 2.42. The molecule has 0 aliphatic heterocycles. The van der Waals surface area contributed by atoms with Crippen LogP contribution in [0.1, 0.15) is 44.1 Å². The number of phenolic OH excluding ortho intramolecular Hbond substituents is 1. The molecule has 1 saturated carbocycles. The van der Waals surface area contributed by atoms with E-state index in [1.807, 2.05) is 12.1 Å². The van der Waals surface area contributed by atoms with Gasteiger partial charge in [-0.05, 0) is 56.2 Å². The Labute approximate surface area is 91.4 Å². The van der Waals surface area contributed by atoms with Crippen LogP contribution in [0.2, 0.25) is 0 Å². The molecular formula is C14H18O. The number of benzene rings is 1. The lowest BCUT2D eigenvalue weighted by atomic mass is 9.81. The van der Waals surface area contributed by atoms with Crippen molar-refractivity contribution in [3.8, 4) is 5.75 Å². The Balaban J connectivity index is 2.17. The normalized spacial score (nSPS) is 24.3. The molecule has 1 heteroatoms. The summed E-state index contributed by atoms with van der Waals surface area (Å²) in [5.74, 6) is 0.997. The van der Waals surface area contributed by atoms with E-state index in [4.69, 9.17) is 0 Å². The Morgan fingerprint density at radius 1 is 1.40 bits per heavy atom. The van der Waals surface area contributed by atoms with Gasteiger partial charge in [0.25, 0.3) is 0 Å². The second-order valence-electron chi connectivity index (χ2n) is 4.34. The molecule has 1 aromatic rings. The molecule has 80 valence electrons. The molecule has 1 atom stereocenters. The molecule has 2 rings (SSSR count). The van der Waals surface area contributed by atoms with E-state index in [2.05, 4.69) is 19.1 Å². The molecule has 0 radical (unpaired) electrons. The fourth-order valence-electron chi connectivity index (χ4n) is 2.42. The molecule has 1 N–H and O–H groups in total. The van der Waals surface area contributed by atoms with Crippen LogP contribution >= 0.6 is 0 Å². The number of rotatable bonds is 1. The SMILES string of the molecule is CC=C1CCCC(c2cccc(O)c2)C1. The molecule has 0 bridgehead atoms. The van der Waals surface area contributed by atoms with Crippen molar-refractivity contribution in [2.24, 2.45) is 0 Å². The third kappa shape index (κ3) is 2.41. The molecule has 1 aliphatic rings. The molecule has 0 heterocycles. The van der Waals surface area contributed by atoms with Crippen LogP contribution in [0.15, 0.2) is 35.9 Å². The summed E-state index contributed by atoms with van der Waals surface area (Å²) >= 11 is 0. The minimum absolute atomic E-state index is 0.389. The quantitative estimate of drug-likeness (QED) is 0.682. The summed E-state index contributed by atoms with van der Waals surface area (Å²) < 4.78 is 0. The van der Waals surface area contributed by atoms with Crippen LogP contribution in [0.5, 0.6) is 5.75 Å². The number of phenols is 1. The van der Waals surface area contributed by atoms with Crippen molar-refractivity contribution in [3.63, 3.8) is 0 Å². The minimum atomic E-state index is 0.389. The average Bonchev–Trinajstić information content (AvgIpc) is 2.29. The van der Waals surface area contributed by atoms with Crippen molar-refractivity contribution in [1.82, 2.24) is 0 Å². The summed E-state index contributed by atoms with van der Waals surface area (Å²) in [7, 11) is 0. The van der Waals surface area contributed by atoms with Crippen molar-refractivity contribution in [1.29, 1.82) is 0 Å². The van der Waals surface area contributed by atoms with Gasteiger partial charge < -0.3 is 5.11 Å². The summed E-state index contributed by atoms with van der Waals surface area (Å²) in [6.45, 7) is 2.13. The summed E-state index contributed by atoms with van der Waals surface area (Å²) in [5, 5.41) is 9.45. The van der Waals surface area contributed by atoms with Crippen LogP contribution in [0.3, 0.4) is 0 Å². The van der Waals surface area contributed by atoms with Crippen molar-refractivity contribution < 1.29 is 5.11 Å². The zero-order valence-electron chi connectivity index (χ0n) is 9.24. The highest BCUT2D eigenvalue weighted by molar-refractivity contribution is 5.31. The third-order valence-corrected chi connectivity index (χ3v) is 3.31. The second-order valence-corrected chi connectivity index (χ2v) is 4.34. The van der Waals surface area contributed by atoms with Gasteiger partial charge in [0.05, 0.1) is 0 Å². The van der Waals surface area contributed by atoms with Gasteiger partial charge in [0.15, 0.2) is 0 Å². The Morgan fingerprint density at radius 3 is 3.00 bits per heavy atom. The van der Waals surface area contributed by atoms with Crippen molar-refractivity contribution in [3.05, 3.63) is 41.5 Å². The lowest BCUT2D eigenvalue weighted by Gasteiger charge is -2.24. The van der Waals surface area contributed by atoms with Gasteiger partial charge >= 0.3 is 0 Å². The van der Waals surface area contributed by atoms with Gasteiger partial charge in [0.1, 0.15) is 5.75 Å². The molecule has 0 aromatic heterocycles. The van der Waals surface area contributed by atoms with Crippen LogP contribution < -0.4 is 0 Å². The van der Waals surface area contributed by atoms with Gasteiger partial charge in [-0.15, -0.1) is 0 Å². The smallest absolute Gasteiger partial charge is 0.115 e. The van der Waals surface area contributed by atoms with Crippen molar-refractivity contribution >= 4 is 0 Å². The number of hydrogen-bond acceptors (Lipinski definition) is 1. The van der Waals surface area contributed by atoms with E-state index in [-0.39, 0.29) is 0 Å². The Kier molecular flexibility index (Phi) is 3.10. The van der Waals surface area contributed by atoms with Gasteiger partial charge in [-0.1, -0.05) is 23.8 Å². The van der Waals surface area contributed by atoms with Crippen LogP contribution in [-0.4, -0.2) is 5.11 Å². The first-order valence-electron chi connectivity index (χ1n) is 5.72. The van der Waals surface area contributed by atoms with Crippen LogP contribution in [-0.2, 0) is 0 Å². The number of aromatic hydroxyl groups is 1. The zero-order valence-corrected chi connectivity index (χ0v) is 9.24. The molecule has 1 unspecified atom stereocenters. The van der Waals surface area contributed by atoms with Crippen molar-refractivity contribution in [2.75, 3.05) is 0 Å². The third-order valence-electron chi connectivity index (χ3n) is 3.31. The van der Waals surface area contributed by atoms with Gasteiger partial charge in [-0.3, -0.25) is 0 Å². The lowest BCUT2D eigenvalue weighted by Crippen LogP contribution is -2.06. The van der Waals surface area contributed by atoms with E-state index in [1.54, 1.807) is 11.6 Å². The largest absolute Gasteiger partial charge is 0.508 e. The van der Waals surface area contributed by atoms with E-state index in [9.17, 15) is 5.11 Å². The predicted molar refractivity (Wildman–Crippen MR) is 63.1 cm³/mol. The highest BCUT2D eigenvalue weighted by Gasteiger charge is 2.18. The van der Waals surface area contributed by atoms with Crippen LogP contribution in [0.4, 0.5) is 0 Å². The molecule has 1 fully saturated rings. The monoisotopic (exact) mass is 202 g/mol. The van der Waals surface area contributed by atoms with Crippen LogP contribution in [0, 0.1) is 0 Å². The van der Waals surface area contributed by atoms with E-state index in [0.29, 0.717) is 11.7 Å². The van der Waals surface area contributed by atoms with Crippen molar-refractivity contribution in [2.45, 2.75) is 38.5 Å². The topological polar surface area (TPSA) is 20.2 Å². The maximum Gasteiger partial charge on any atom is 0.115 e. The molecular weight excluding hydrogens is 184 g/mol. The van der Waals surface area contributed by atoms with Gasteiger partial charge in [0.2, 0.25) is 0 Å². The summed E-state index contributed by atoms with van der Waals surface area (Å²) in [4.78, 5) is 0. The summed E-state index contributed by atoms with van der Waals surface area (Å²) in [6.07, 6.45) is 7.20. The van der Waals surface area contributed by atoms with Gasteiger partial charge in [-0.25, -0.2) is 0 Å². The van der Waals surface area contributed by atoms with E-state index in [1.165, 1.54) is 31.2 Å². The molecule has 1 aliphatic carbocycles. The first-order valence-corrected chi connectivity index (χ1v) is 5.72. The Morgan fingerprint density at radius 2 is 2.27 bits per heavy atom. The highest BCUT2D eigenvalue weighted by atomic mass is 16.3. The van der Waals surface area contributed by atoms with Crippen LogP contribution in [0.25, 0.3) is 0 Å². The van der Waals surface area contributed by atoms with E-state index < -0.39 is 0 Å². The predicted octanol–water partition coefficient (Wildman–Crippen LogP) is 4.00. The maximum absolute atomic E-state index is 9.45. The zero-order chi connectivity index (χ0) is 10.7. The summed E-state index contributed by atoms with van der Waals surface area (Å²) in [5.41, 5.74) is 2.85. The van der Waals surface area contributed by atoms with Gasteiger partial charge in [0, 0.05) is 0 Å². The molecule has 0 spiro atoms. The highest BCUT2D eigenvalue weighted by Crippen LogP contribution is 2.36. The maximum atomic E-state index is 9.45. The molecule has 0 saturated heterocycles. The first kappa shape index (κ1) is 10.3.